The average Bonchev–Trinajstić information content (AvgIpc) is 3.77. The number of anilines is 2. The van der Waals surface area contributed by atoms with Crippen molar-refractivity contribution in [3.63, 3.8) is 0 Å². The molecule has 9 nitrogen and oxygen atoms in total. The van der Waals surface area contributed by atoms with Gasteiger partial charge in [-0.05, 0) is 54.7 Å². The van der Waals surface area contributed by atoms with Crippen LogP contribution in [-0.4, -0.2) is 60.1 Å². The summed E-state index contributed by atoms with van der Waals surface area (Å²) in [5.74, 6) is -0.910. The van der Waals surface area contributed by atoms with Crippen molar-refractivity contribution in [2.45, 2.75) is 31.7 Å². The van der Waals surface area contributed by atoms with E-state index in [9.17, 15) is 19.1 Å². The zero-order valence-electron chi connectivity index (χ0n) is 23.9. The van der Waals surface area contributed by atoms with Gasteiger partial charge in [-0.1, -0.05) is 41.7 Å². The van der Waals surface area contributed by atoms with Crippen LogP contribution in [0, 0.1) is 11.0 Å². The van der Waals surface area contributed by atoms with E-state index in [0.29, 0.717) is 54.3 Å². The minimum absolute atomic E-state index is 0.0311. The summed E-state index contributed by atoms with van der Waals surface area (Å²) in [6, 6.07) is 15.6. The highest BCUT2D eigenvalue weighted by Crippen LogP contribution is 2.43. The van der Waals surface area contributed by atoms with Crippen LogP contribution in [0.4, 0.5) is 19.7 Å². The molecule has 0 spiro atoms. The molecule has 1 fully saturated rings. The highest BCUT2D eigenvalue weighted by Gasteiger charge is 2.40. The SMILES string of the molecule is CN1CCOc2cc(-c3ccc(OCF)cc3-c3nc(N(C(=O)C(CC(=O)O)Cc4ccccc4)C4CC4)sc3F)cnc21. The quantitative estimate of drug-likeness (QED) is 0.219. The maximum Gasteiger partial charge on any atom is 0.304 e. The number of hydrogen-bond donors (Lipinski definition) is 1. The third-order valence-corrected chi connectivity index (χ3v) is 8.53. The van der Waals surface area contributed by atoms with Crippen molar-refractivity contribution in [1.29, 1.82) is 0 Å². The summed E-state index contributed by atoms with van der Waals surface area (Å²) in [6.07, 6.45) is 2.92. The fourth-order valence-corrected chi connectivity index (χ4v) is 6.26. The van der Waals surface area contributed by atoms with E-state index in [2.05, 4.69) is 9.97 Å². The van der Waals surface area contributed by atoms with E-state index < -0.39 is 29.8 Å². The van der Waals surface area contributed by atoms with Gasteiger partial charge in [-0.3, -0.25) is 14.5 Å². The van der Waals surface area contributed by atoms with Crippen LogP contribution in [-0.2, 0) is 16.0 Å². The average molecular weight is 621 g/mol. The van der Waals surface area contributed by atoms with E-state index in [0.717, 1.165) is 16.9 Å². The van der Waals surface area contributed by atoms with Crippen LogP contribution in [0.3, 0.4) is 0 Å². The zero-order valence-corrected chi connectivity index (χ0v) is 24.7. The van der Waals surface area contributed by atoms with Gasteiger partial charge in [0.25, 0.3) is 0 Å². The summed E-state index contributed by atoms with van der Waals surface area (Å²) in [5.41, 5.74) is 2.33. The summed E-state index contributed by atoms with van der Waals surface area (Å²) in [7, 11) is 1.92. The highest BCUT2D eigenvalue weighted by atomic mass is 32.1. The highest BCUT2D eigenvalue weighted by molar-refractivity contribution is 7.14. The molecule has 2 aliphatic rings. The van der Waals surface area contributed by atoms with E-state index in [1.165, 1.54) is 11.0 Å². The van der Waals surface area contributed by atoms with Gasteiger partial charge in [0.1, 0.15) is 18.1 Å². The lowest BCUT2D eigenvalue weighted by atomic mass is 9.94. The Balaban J connectivity index is 1.39. The molecular formula is C32H30F2N4O5S. The number of amides is 1. The first-order valence-corrected chi connectivity index (χ1v) is 15.1. The molecule has 1 unspecified atom stereocenters. The number of alkyl halides is 1. The van der Waals surface area contributed by atoms with Gasteiger partial charge in [0.05, 0.1) is 18.9 Å². The van der Waals surface area contributed by atoms with Crippen molar-refractivity contribution in [1.82, 2.24) is 9.97 Å². The number of carbonyl (C=O) groups excluding carboxylic acids is 1. The van der Waals surface area contributed by atoms with Gasteiger partial charge in [0.15, 0.2) is 16.7 Å². The van der Waals surface area contributed by atoms with Crippen LogP contribution in [0.5, 0.6) is 11.5 Å². The Morgan fingerprint density at radius 1 is 1.18 bits per heavy atom. The normalized spacial score (nSPS) is 14.8. The fourth-order valence-electron chi connectivity index (χ4n) is 5.38. The molecule has 2 aromatic heterocycles. The fraction of sp³-hybridized carbons (Fsp3) is 0.312. The van der Waals surface area contributed by atoms with Crippen molar-refractivity contribution in [2.75, 3.05) is 36.9 Å². The van der Waals surface area contributed by atoms with Crippen molar-refractivity contribution in [3.05, 3.63) is 71.5 Å². The Kier molecular flexibility index (Phi) is 8.42. The van der Waals surface area contributed by atoms with Crippen molar-refractivity contribution < 1.29 is 33.0 Å². The predicted octanol–water partition coefficient (Wildman–Crippen LogP) is 5.97. The molecule has 1 aliphatic heterocycles. The molecule has 6 rings (SSSR count). The van der Waals surface area contributed by atoms with E-state index in [-0.39, 0.29) is 35.5 Å². The molecule has 0 saturated heterocycles. The maximum absolute atomic E-state index is 15.9. The minimum Gasteiger partial charge on any atom is -0.488 e. The topological polar surface area (TPSA) is 105 Å². The number of thiazole rings is 1. The number of aromatic nitrogens is 2. The number of carboxylic acid groups (broad SMARTS) is 1. The van der Waals surface area contributed by atoms with Crippen molar-refractivity contribution in [2.24, 2.45) is 5.92 Å². The van der Waals surface area contributed by atoms with Gasteiger partial charge in [0.2, 0.25) is 17.9 Å². The molecule has 1 amide bonds. The van der Waals surface area contributed by atoms with Crippen LogP contribution >= 0.6 is 11.3 Å². The van der Waals surface area contributed by atoms with Crippen molar-refractivity contribution >= 4 is 34.2 Å². The molecule has 0 bridgehead atoms. The lowest BCUT2D eigenvalue weighted by Gasteiger charge is -2.26. The molecule has 4 aromatic rings. The Bertz CT molecular complexity index is 1680. The molecule has 1 atom stereocenters. The van der Waals surface area contributed by atoms with Crippen LogP contribution in [0.25, 0.3) is 22.4 Å². The number of nitrogens with zero attached hydrogens (tertiary/aromatic N) is 4. The van der Waals surface area contributed by atoms with Gasteiger partial charge in [-0.15, -0.1) is 0 Å². The van der Waals surface area contributed by atoms with Gasteiger partial charge in [-0.2, -0.15) is 4.39 Å². The summed E-state index contributed by atoms with van der Waals surface area (Å²) >= 11 is 0.721. The monoisotopic (exact) mass is 620 g/mol. The molecular weight excluding hydrogens is 590 g/mol. The summed E-state index contributed by atoms with van der Waals surface area (Å²) in [4.78, 5) is 38.3. The second-order valence-corrected chi connectivity index (χ2v) is 11.7. The largest absolute Gasteiger partial charge is 0.488 e. The third-order valence-electron chi connectivity index (χ3n) is 7.68. The van der Waals surface area contributed by atoms with E-state index >= 15 is 4.39 Å². The first kappa shape index (κ1) is 29.5. The lowest BCUT2D eigenvalue weighted by Crippen LogP contribution is -2.39. The first-order valence-electron chi connectivity index (χ1n) is 14.2. The second kappa shape index (κ2) is 12.6. The first-order chi connectivity index (χ1) is 21.3. The van der Waals surface area contributed by atoms with Crippen LogP contribution in [0.1, 0.15) is 24.8 Å². The van der Waals surface area contributed by atoms with E-state index in [4.69, 9.17) is 9.47 Å². The van der Waals surface area contributed by atoms with E-state index in [1.807, 2.05) is 48.3 Å². The number of halogens is 2. The van der Waals surface area contributed by atoms with Gasteiger partial charge < -0.3 is 19.5 Å². The van der Waals surface area contributed by atoms with E-state index in [1.54, 1.807) is 18.3 Å². The van der Waals surface area contributed by atoms with Crippen LogP contribution in [0.15, 0.2) is 60.8 Å². The molecule has 2 aromatic carbocycles. The number of hydrogen-bond acceptors (Lipinski definition) is 8. The number of pyridine rings is 1. The predicted molar refractivity (Wildman–Crippen MR) is 163 cm³/mol. The van der Waals surface area contributed by atoms with Gasteiger partial charge in [0, 0.05) is 30.4 Å². The summed E-state index contributed by atoms with van der Waals surface area (Å²) in [5, 5.41) is 9.11. The number of aliphatic carboxylic acids is 1. The number of fused-ring (bicyclic) bond motifs is 1. The number of carboxylic acids is 1. The molecule has 1 saturated carbocycles. The van der Waals surface area contributed by atoms with Crippen LogP contribution in [0.2, 0.25) is 0 Å². The molecule has 1 aliphatic carbocycles. The molecule has 228 valence electrons. The lowest BCUT2D eigenvalue weighted by molar-refractivity contribution is -0.140. The Morgan fingerprint density at radius 3 is 2.70 bits per heavy atom. The van der Waals surface area contributed by atoms with Gasteiger partial charge >= 0.3 is 5.97 Å². The number of benzene rings is 2. The maximum atomic E-state index is 15.9. The number of carbonyl (C=O) groups is 2. The molecule has 3 heterocycles. The molecule has 1 N–H and O–H groups in total. The Morgan fingerprint density at radius 2 is 1.98 bits per heavy atom. The number of likely N-dealkylation sites (N-methyl/N-ethyl adjacent to an activating group) is 1. The summed E-state index contributed by atoms with van der Waals surface area (Å²) in [6.45, 7) is 0.120. The summed E-state index contributed by atoms with van der Waals surface area (Å²) < 4.78 is 39.9. The van der Waals surface area contributed by atoms with Gasteiger partial charge in [-0.25, -0.2) is 14.4 Å². The molecule has 0 radical (unpaired) electrons. The Hall–Kier alpha value is -4.58. The molecule has 44 heavy (non-hydrogen) atoms. The number of rotatable bonds is 11. The standard InChI is InChI=1S/C32H30F2N4O5S/c1-37-11-12-42-26-14-21(17-35-30(26)37)24-10-9-23(43-18-33)16-25(24)28-29(34)44-32(36-28)38(22-7-8-22)31(41)20(15-27(39)40)13-19-5-3-2-4-6-19/h2-6,9-10,14,16-17,20,22H,7-8,11-13,15,18H2,1H3,(H,39,40). The zero-order chi connectivity index (χ0) is 30.8. The third kappa shape index (κ3) is 6.21. The smallest absolute Gasteiger partial charge is 0.304 e. The van der Waals surface area contributed by atoms with Crippen LogP contribution < -0.4 is 19.3 Å². The molecule has 12 heteroatoms. The Labute approximate surface area is 256 Å². The second-order valence-electron chi connectivity index (χ2n) is 10.8. The number of ether oxygens (including phenoxy) is 2. The van der Waals surface area contributed by atoms with Crippen molar-refractivity contribution in [3.8, 4) is 33.9 Å². The minimum atomic E-state index is -1.09.